The minimum Gasteiger partial charge on any atom is -0.305 e. The zero-order chi connectivity index (χ0) is 14.8. The molecular formula is C18H16FNO. The number of rotatable bonds is 3. The summed E-state index contributed by atoms with van der Waals surface area (Å²) in [6, 6.07) is 15.9. The average molecular weight is 281 g/mol. The maximum atomic E-state index is 13.1. The lowest BCUT2D eigenvalue weighted by molar-refractivity contribution is -0.125. The van der Waals surface area contributed by atoms with Gasteiger partial charge in [-0.05, 0) is 29.7 Å². The number of carbonyl (C=O) groups is 1. The lowest BCUT2D eigenvalue weighted by Crippen LogP contribution is -2.25. The fraction of sp³-hybridized carbons (Fsp3) is 0.167. The molecule has 1 saturated heterocycles. The fourth-order valence-corrected chi connectivity index (χ4v) is 2.79. The Morgan fingerprint density at radius 3 is 2.43 bits per heavy atom. The second-order valence-electron chi connectivity index (χ2n) is 5.18. The topological polar surface area (TPSA) is 20.3 Å². The Kier molecular flexibility index (Phi) is 3.57. The van der Waals surface area contributed by atoms with Crippen molar-refractivity contribution in [3.05, 3.63) is 78.1 Å². The van der Waals surface area contributed by atoms with Crippen LogP contribution >= 0.6 is 0 Å². The standard InChI is InChI=1S/C18H16FNO/c1-13(14-5-3-2-4-6-14)20-17(11-12-18(20)21)15-7-9-16(19)10-8-15/h2-10,17H,1,11-12H2. The average Bonchev–Trinajstić information content (AvgIpc) is 2.90. The molecule has 1 fully saturated rings. The highest BCUT2D eigenvalue weighted by atomic mass is 19.1. The smallest absolute Gasteiger partial charge is 0.227 e. The zero-order valence-electron chi connectivity index (χ0n) is 11.6. The van der Waals surface area contributed by atoms with Gasteiger partial charge in [0.15, 0.2) is 0 Å². The molecule has 1 atom stereocenters. The first-order valence-electron chi connectivity index (χ1n) is 6.98. The molecule has 21 heavy (non-hydrogen) atoms. The van der Waals surface area contributed by atoms with Gasteiger partial charge in [-0.15, -0.1) is 0 Å². The highest BCUT2D eigenvalue weighted by Crippen LogP contribution is 2.38. The van der Waals surface area contributed by atoms with Gasteiger partial charge in [-0.25, -0.2) is 4.39 Å². The first-order chi connectivity index (χ1) is 10.2. The lowest BCUT2D eigenvalue weighted by atomic mass is 10.0. The number of hydrogen-bond donors (Lipinski definition) is 0. The van der Waals surface area contributed by atoms with Crippen LogP contribution in [0.3, 0.4) is 0 Å². The zero-order valence-corrected chi connectivity index (χ0v) is 11.6. The summed E-state index contributed by atoms with van der Waals surface area (Å²) in [6.07, 6.45) is 1.23. The van der Waals surface area contributed by atoms with Crippen LogP contribution in [0.2, 0.25) is 0 Å². The van der Waals surface area contributed by atoms with Crippen molar-refractivity contribution in [2.24, 2.45) is 0 Å². The molecule has 1 unspecified atom stereocenters. The number of likely N-dealkylation sites (tertiary alicyclic amines) is 1. The van der Waals surface area contributed by atoms with E-state index >= 15 is 0 Å². The summed E-state index contributed by atoms with van der Waals surface area (Å²) in [5, 5.41) is 0. The van der Waals surface area contributed by atoms with Gasteiger partial charge in [0.25, 0.3) is 0 Å². The normalized spacial score (nSPS) is 18.0. The van der Waals surface area contributed by atoms with E-state index < -0.39 is 0 Å². The largest absolute Gasteiger partial charge is 0.305 e. The Morgan fingerprint density at radius 1 is 1.10 bits per heavy atom. The predicted molar refractivity (Wildman–Crippen MR) is 80.7 cm³/mol. The minimum absolute atomic E-state index is 0.0641. The van der Waals surface area contributed by atoms with E-state index in [2.05, 4.69) is 6.58 Å². The molecule has 106 valence electrons. The molecule has 2 aromatic rings. The molecule has 1 aliphatic rings. The molecule has 0 saturated carbocycles. The van der Waals surface area contributed by atoms with Crippen LogP contribution in [0.1, 0.15) is 30.0 Å². The molecule has 3 heteroatoms. The Balaban J connectivity index is 1.93. The van der Waals surface area contributed by atoms with Crippen LogP contribution < -0.4 is 0 Å². The molecule has 2 nitrogen and oxygen atoms in total. The molecule has 3 rings (SSSR count). The summed E-state index contributed by atoms with van der Waals surface area (Å²) < 4.78 is 13.1. The van der Waals surface area contributed by atoms with E-state index in [1.807, 2.05) is 30.3 Å². The van der Waals surface area contributed by atoms with Gasteiger partial charge >= 0.3 is 0 Å². The van der Waals surface area contributed by atoms with Crippen LogP contribution in [-0.4, -0.2) is 10.8 Å². The van der Waals surface area contributed by atoms with E-state index in [-0.39, 0.29) is 17.8 Å². The summed E-state index contributed by atoms with van der Waals surface area (Å²) in [5.74, 6) is -0.199. The number of carbonyl (C=O) groups excluding carboxylic acids is 1. The molecule has 0 bridgehead atoms. The van der Waals surface area contributed by atoms with E-state index in [0.29, 0.717) is 12.1 Å². The van der Waals surface area contributed by atoms with Gasteiger partial charge in [-0.2, -0.15) is 0 Å². The maximum absolute atomic E-state index is 13.1. The molecule has 2 aromatic carbocycles. The van der Waals surface area contributed by atoms with Crippen molar-refractivity contribution in [2.75, 3.05) is 0 Å². The Bertz CT molecular complexity index is 663. The lowest BCUT2D eigenvalue weighted by Gasteiger charge is -2.27. The van der Waals surface area contributed by atoms with Gasteiger partial charge in [-0.1, -0.05) is 49.0 Å². The number of halogens is 1. The van der Waals surface area contributed by atoms with Gasteiger partial charge in [0.05, 0.1) is 6.04 Å². The highest BCUT2D eigenvalue weighted by Gasteiger charge is 2.34. The molecule has 0 spiro atoms. The van der Waals surface area contributed by atoms with Crippen molar-refractivity contribution in [1.29, 1.82) is 0 Å². The van der Waals surface area contributed by atoms with Crippen molar-refractivity contribution in [2.45, 2.75) is 18.9 Å². The summed E-state index contributed by atoms with van der Waals surface area (Å²) in [7, 11) is 0. The molecular weight excluding hydrogens is 265 g/mol. The summed E-state index contributed by atoms with van der Waals surface area (Å²) in [4.78, 5) is 14.0. The Morgan fingerprint density at radius 2 is 1.76 bits per heavy atom. The quantitative estimate of drug-likeness (QED) is 0.827. The van der Waals surface area contributed by atoms with Gasteiger partial charge in [0.1, 0.15) is 5.82 Å². The summed E-state index contributed by atoms with van der Waals surface area (Å²) in [6.45, 7) is 4.08. The van der Waals surface area contributed by atoms with E-state index in [1.54, 1.807) is 17.0 Å². The number of nitrogens with zero attached hydrogens (tertiary/aromatic N) is 1. The molecule has 1 aliphatic heterocycles. The highest BCUT2D eigenvalue weighted by molar-refractivity contribution is 5.88. The second-order valence-corrected chi connectivity index (χ2v) is 5.18. The van der Waals surface area contributed by atoms with Crippen LogP contribution in [0, 0.1) is 5.82 Å². The first kappa shape index (κ1) is 13.6. The first-order valence-corrected chi connectivity index (χ1v) is 6.98. The van der Waals surface area contributed by atoms with Crippen molar-refractivity contribution < 1.29 is 9.18 Å². The van der Waals surface area contributed by atoms with Crippen LogP contribution in [-0.2, 0) is 4.79 Å². The molecule has 0 aliphatic carbocycles. The van der Waals surface area contributed by atoms with Crippen LogP contribution in [0.15, 0.2) is 61.2 Å². The van der Waals surface area contributed by atoms with Crippen molar-refractivity contribution in [1.82, 2.24) is 4.90 Å². The summed E-state index contributed by atoms with van der Waals surface area (Å²) >= 11 is 0. The SMILES string of the molecule is C=C(c1ccccc1)N1C(=O)CCC1c1ccc(F)cc1. The molecule has 0 aromatic heterocycles. The third kappa shape index (κ3) is 2.59. The van der Waals surface area contributed by atoms with Gasteiger partial charge in [0.2, 0.25) is 5.91 Å². The molecule has 1 amide bonds. The summed E-state index contributed by atoms with van der Waals surface area (Å²) in [5.41, 5.74) is 2.58. The van der Waals surface area contributed by atoms with Gasteiger partial charge < -0.3 is 4.90 Å². The van der Waals surface area contributed by atoms with Crippen LogP contribution in [0.5, 0.6) is 0 Å². The van der Waals surface area contributed by atoms with Gasteiger partial charge in [0, 0.05) is 12.1 Å². The van der Waals surface area contributed by atoms with E-state index in [9.17, 15) is 9.18 Å². The van der Waals surface area contributed by atoms with E-state index in [1.165, 1.54) is 12.1 Å². The Labute approximate surface area is 123 Å². The molecule has 1 heterocycles. The van der Waals surface area contributed by atoms with E-state index in [4.69, 9.17) is 0 Å². The van der Waals surface area contributed by atoms with Crippen molar-refractivity contribution >= 4 is 11.6 Å². The third-order valence-electron chi connectivity index (χ3n) is 3.86. The maximum Gasteiger partial charge on any atom is 0.227 e. The van der Waals surface area contributed by atoms with Crippen molar-refractivity contribution in [3.63, 3.8) is 0 Å². The number of amides is 1. The monoisotopic (exact) mass is 281 g/mol. The van der Waals surface area contributed by atoms with Crippen LogP contribution in [0.4, 0.5) is 4.39 Å². The van der Waals surface area contributed by atoms with Gasteiger partial charge in [-0.3, -0.25) is 4.79 Å². The number of hydrogen-bond acceptors (Lipinski definition) is 1. The minimum atomic E-state index is -0.267. The second kappa shape index (κ2) is 5.52. The Hall–Kier alpha value is -2.42. The third-order valence-corrected chi connectivity index (χ3v) is 3.86. The van der Waals surface area contributed by atoms with Crippen molar-refractivity contribution in [3.8, 4) is 0 Å². The predicted octanol–water partition coefficient (Wildman–Crippen LogP) is 4.16. The fourth-order valence-electron chi connectivity index (χ4n) is 2.79. The van der Waals surface area contributed by atoms with Crippen LogP contribution in [0.25, 0.3) is 5.70 Å². The molecule has 0 radical (unpaired) electrons. The molecule has 0 N–H and O–H groups in total. The van der Waals surface area contributed by atoms with E-state index in [0.717, 1.165) is 17.5 Å². The number of benzene rings is 2.